The first-order valence-corrected chi connectivity index (χ1v) is 8.31. The van der Waals surface area contributed by atoms with Crippen LogP contribution in [-0.4, -0.2) is 31.6 Å². The van der Waals surface area contributed by atoms with Crippen molar-refractivity contribution in [2.75, 3.05) is 18.6 Å². The summed E-state index contributed by atoms with van der Waals surface area (Å²) >= 11 is 0. The molecule has 0 radical (unpaired) electrons. The van der Waals surface area contributed by atoms with Crippen molar-refractivity contribution >= 4 is 17.6 Å². The fourth-order valence-electron chi connectivity index (χ4n) is 3.09. The van der Waals surface area contributed by atoms with Crippen molar-refractivity contribution in [2.45, 2.75) is 32.9 Å². The zero-order valence-corrected chi connectivity index (χ0v) is 14.7. The van der Waals surface area contributed by atoms with Crippen LogP contribution in [0, 0.1) is 6.92 Å². The number of carbonyl (C=O) groups excluding carboxylic acids is 2. The Morgan fingerprint density at radius 1 is 1.36 bits per heavy atom. The van der Waals surface area contributed by atoms with Gasteiger partial charge in [0.15, 0.2) is 0 Å². The van der Waals surface area contributed by atoms with Gasteiger partial charge in [-0.25, -0.2) is 4.79 Å². The minimum atomic E-state index is -0.426. The molecule has 6 nitrogen and oxygen atoms in total. The van der Waals surface area contributed by atoms with E-state index in [1.807, 2.05) is 30.0 Å². The molecule has 0 saturated heterocycles. The van der Waals surface area contributed by atoms with E-state index in [-0.39, 0.29) is 11.9 Å². The van der Waals surface area contributed by atoms with Crippen LogP contribution in [0.4, 0.5) is 5.69 Å². The van der Waals surface area contributed by atoms with Gasteiger partial charge in [-0.2, -0.15) is 0 Å². The van der Waals surface area contributed by atoms with Crippen molar-refractivity contribution in [1.82, 2.24) is 5.32 Å². The number of nitrogens with zero attached hydrogens (tertiary/aromatic N) is 1. The Labute approximate surface area is 146 Å². The molecule has 0 bridgehead atoms. The van der Waals surface area contributed by atoms with Crippen LogP contribution < -0.4 is 10.2 Å². The topological polar surface area (TPSA) is 71.8 Å². The average molecular weight is 342 g/mol. The van der Waals surface area contributed by atoms with Gasteiger partial charge in [-0.15, -0.1) is 0 Å². The van der Waals surface area contributed by atoms with E-state index < -0.39 is 5.97 Å². The van der Waals surface area contributed by atoms with Crippen molar-refractivity contribution < 1.29 is 18.7 Å². The van der Waals surface area contributed by atoms with Crippen LogP contribution in [0.25, 0.3) is 0 Å². The van der Waals surface area contributed by atoms with Crippen molar-refractivity contribution in [3.8, 4) is 0 Å². The molecule has 1 atom stereocenters. The van der Waals surface area contributed by atoms with Crippen LogP contribution in [0.1, 0.15) is 34.4 Å². The molecule has 0 fully saturated rings. The van der Waals surface area contributed by atoms with E-state index in [0.717, 1.165) is 12.1 Å². The maximum absolute atomic E-state index is 12.7. The highest BCUT2D eigenvalue weighted by atomic mass is 16.5. The zero-order valence-electron chi connectivity index (χ0n) is 14.7. The summed E-state index contributed by atoms with van der Waals surface area (Å²) in [7, 11) is 1.33. The Morgan fingerprint density at radius 2 is 2.12 bits per heavy atom. The number of methoxy groups -OCH3 is 1. The normalized spacial score (nSPS) is 14.3. The van der Waals surface area contributed by atoms with Gasteiger partial charge in [0.25, 0.3) is 0 Å². The Morgan fingerprint density at radius 3 is 2.88 bits per heavy atom. The van der Waals surface area contributed by atoms with Crippen LogP contribution in [0.2, 0.25) is 0 Å². The number of hydrogen-bond acceptors (Lipinski definition) is 5. The molecule has 0 aliphatic carbocycles. The number of aryl methyl sites for hydroxylation is 1. The molecule has 1 aromatic heterocycles. The summed E-state index contributed by atoms with van der Waals surface area (Å²) in [4.78, 5) is 26.2. The Kier molecular flexibility index (Phi) is 4.90. The average Bonchev–Trinajstić information content (AvgIpc) is 3.21. The Balaban J connectivity index is 1.62. The summed E-state index contributed by atoms with van der Waals surface area (Å²) in [6.07, 6.45) is 0.883. The van der Waals surface area contributed by atoms with Crippen molar-refractivity contribution in [2.24, 2.45) is 0 Å². The van der Waals surface area contributed by atoms with E-state index in [0.29, 0.717) is 30.2 Å². The van der Waals surface area contributed by atoms with Gasteiger partial charge in [0.2, 0.25) is 5.91 Å². The van der Waals surface area contributed by atoms with E-state index >= 15 is 0 Å². The highest BCUT2D eigenvalue weighted by Crippen LogP contribution is 2.27. The second kappa shape index (κ2) is 7.11. The van der Waals surface area contributed by atoms with E-state index in [4.69, 9.17) is 9.15 Å². The molecule has 1 aliphatic rings. The van der Waals surface area contributed by atoms with Crippen LogP contribution in [0.5, 0.6) is 0 Å². The third-order valence-corrected chi connectivity index (χ3v) is 4.48. The number of furan rings is 1. The van der Waals surface area contributed by atoms with Gasteiger partial charge >= 0.3 is 5.97 Å². The van der Waals surface area contributed by atoms with Crippen molar-refractivity contribution in [3.63, 3.8) is 0 Å². The summed E-state index contributed by atoms with van der Waals surface area (Å²) in [5.41, 5.74) is 2.60. The lowest BCUT2D eigenvalue weighted by atomic mass is 10.2. The van der Waals surface area contributed by atoms with E-state index in [2.05, 4.69) is 11.4 Å². The molecule has 1 aromatic carbocycles. The molecular weight excluding hydrogens is 320 g/mol. The number of rotatable bonds is 5. The molecule has 1 aliphatic heterocycles. The summed E-state index contributed by atoms with van der Waals surface area (Å²) in [5, 5.41) is 3.17. The van der Waals surface area contributed by atoms with Gasteiger partial charge in [0.1, 0.15) is 17.1 Å². The molecule has 0 saturated carbocycles. The lowest BCUT2D eigenvalue weighted by Crippen LogP contribution is -2.44. The molecule has 25 heavy (non-hydrogen) atoms. The second-order valence-electron chi connectivity index (χ2n) is 6.15. The highest BCUT2D eigenvalue weighted by molar-refractivity contribution is 5.98. The number of benzene rings is 1. The fourth-order valence-corrected chi connectivity index (χ4v) is 3.09. The first-order valence-electron chi connectivity index (χ1n) is 8.31. The molecule has 1 N–H and O–H groups in total. The molecule has 0 spiro atoms. The predicted octanol–water partition coefficient (Wildman–Crippen LogP) is 2.44. The summed E-state index contributed by atoms with van der Waals surface area (Å²) in [5.74, 6) is 0.710. The summed E-state index contributed by atoms with van der Waals surface area (Å²) in [6, 6.07) is 9.26. The Bertz CT molecular complexity index is 796. The standard InChI is InChI=1S/C19H22N2O4/c1-12(18(22)21-9-8-14-6-4-5-7-17(14)21)20-11-15-10-16(13(2)25-15)19(23)24-3/h4-7,10,12,20H,8-9,11H2,1-3H3/t12-/m0/s1. The van der Waals surface area contributed by atoms with E-state index in [1.165, 1.54) is 12.7 Å². The van der Waals surface area contributed by atoms with E-state index in [1.54, 1.807) is 13.0 Å². The maximum Gasteiger partial charge on any atom is 0.341 e. The number of nitrogens with one attached hydrogen (secondary N) is 1. The lowest BCUT2D eigenvalue weighted by molar-refractivity contribution is -0.120. The van der Waals surface area contributed by atoms with Gasteiger partial charge in [-0.05, 0) is 38.0 Å². The minimum absolute atomic E-state index is 0.0291. The fraction of sp³-hybridized carbons (Fsp3) is 0.368. The highest BCUT2D eigenvalue weighted by Gasteiger charge is 2.27. The number of fused-ring (bicyclic) bond motifs is 1. The van der Waals surface area contributed by atoms with Crippen LogP contribution in [-0.2, 0) is 22.5 Å². The lowest BCUT2D eigenvalue weighted by Gasteiger charge is -2.22. The van der Waals surface area contributed by atoms with Gasteiger partial charge in [-0.1, -0.05) is 18.2 Å². The number of amides is 1. The molecule has 1 amide bonds. The van der Waals surface area contributed by atoms with Crippen LogP contribution >= 0.6 is 0 Å². The number of ether oxygens (including phenoxy) is 1. The third kappa shape index (κ3) is 3.44. The number of esters is 1. The molecule has 0 unspecified atom stereocenters. The number of anilines is 1. The quantitative estimate of drug-likeness (QED) is 0.845. The zero-order chi connectivity index (χ0) is 18.0. The Hall–Kier alpha value is -2.60. The number of para-hydroxylation sites is 1. The third-order valence-electron chi connectivity index (χ3n) is 4.48. The predicted molar refractivity (Wildman–Crippen MR) is 93.6 cm³/mol. The molecule has 132 valence electrons. The number of hydrogen-bond donors (Lipinski definition) is 1. The monoisotopic (exact) mass is 342 g/mol. The van der Waals surface area contributed by atoms with Crippen molar-refractivity contribution in [3.05, 3.63) is 53.0 Å². The smallest absolute Gasteiger partial charge is 0.341 e. The van der Waals surface area contributed by atoms with Crippen LogP contribution in [0.15, 0.2) is 34.7 Å². The molecule has 6 heteroatoms. The molecule has 2 heterocycles. The first-order chi connectivity index (χ1) is 12.0. The van der Waals surface area contributed by atoms with Gasteiger partial charge < -0.3 is 14.1 Å². The first kappa shape index (κ1) is 17.2. The maximum atomic E-state index is 12.7. The van der Waals surface area contributed by atoms with E-state index in [9.17, 15) is 9.59 Å². The summed E-state index contributed by atoms with van der Waals surface area (Å²) in [6.45, 7) is 4.61. The van der Waals surface area contributed by atoms with Crippen molar-refractivity contribution in [1.29, 1.82) is 0 Å². The molecular formula is C19H22N2O4. The van der Waals surface area contributed by atoms with Crippen LogP contribution in [0.3, 0.4) is 0 Å². The largest absolute Gasteiger partial charge is 0.465 e. The molecule has 3 rings (SSSR count). The summed E-state index contributed by atoms with van der Waals surface area (Å²) < 4.78 is 10.3. The number of carbonyl (C=O) groups is 2. The van der Waals surface area contributed by atoms with Gasteiger partial charge in [0.05, 0.1) is 19.7 Å². The van der Waals surface area contributed by atoms with Gasteiger partial charge in [-0.3, -0.25) is 10.1 Å². The SMILES string of the molecule is COC(=O)c1cc(CN[C@@H](C)C(=O)N2CCc3ccccc32)oc1C. The second-order valence-corrected chi connectivity index (χ2v) is 6.15. The minimum Gasteiger partial charge on any atom is -0.465 e. The van der Waals surface area contributed by atoms with Gasteiger partial charge in [0, 0.05) is 12.2 Å². The molecule has 2 aromatic rings.